The zero-order valence-electron chi connectivity index (χ0n) is 11.2. The van der Waals surface area contributed by atoms with Crippen LogP contribution in [-0.2, 0) is 0 Å². The van der Waals surface area contributed by atoms with Gasteiger partial charge < -0.3 is 8.98 Å². The second kappa shape index (κ2) is 5.26. The number of hydrogen-bond donors (Lipinski definition) is 0. The Morgan fingerprint density at radius 1 is 1.30 bits per heavy atom. The first-order valence-corrected chi connectivity index (χ1v) is 7.65. The van der Waals surface area contributed by atoms with Crippen LogP contribution in [0.25, 0.3) is 11.0 Å². The van der Waals surface area contributed by atoms with Gasteiger partial charge >= 0.3 is 0 Å². The third-order valence-corrected chi connectivity index (χ3v) is 4.07. The Kier molecular flexibility index (Phi) is 3.61. The van der Waals surface area contributed by atoms with Gasteiger partial charge in [0, 0.05) is 4.47 Å². The molecule has 104 valence electrons. The molecule has 0 spiro atoms. The molecular formula is C15H14BrClN2O. The summed E-state index contributed by atoms with van der Waals surface area (Å²) in [7, 11) is 0. The van der Waals surface area contributed by atoms with E-state index in [9.17, 15) is 0 Å². The molecule has 2 unspecified atom stereocenters. The van der Waals surface area contributed by atoms with Crippen LogP contribution in [0.1, 0.15) is 36.9 Å². The molecular weight excluding hydrogens is 340 g/mol. The fraction of sp³-hybridized carbons (Fsp3) is 0.267. The number of furan rings is 1. The van der Waals surface area contributed by atoms with E-state index in [-0.39, 0.29) is 11.4 Å². The Morgan fingerprint density at radius 2 is 2.10 bits per heavy atom. The smallest absolute Gasteiger partial charge is 0.128 e. The average molecular weight is 354 g/mol. The highest BCUT2D eigenvalue weighted by molar-refractivity contribution is 9.10. The summed E-state index contributed by atoms with van der Waals surface area (Å²) in [6, 6.07) is 9.98. The standard InChI is InChI=1S/C15H14BrClN2O/c1-9(17)15-18-12-8-11(16)5-6-13(12)19(15)10(2)14-4-3-7-20-14/h3-10H,1-2H3. The second-order valence-electron chi connectivity index (χ2n) is 4.78. The van der Waals surface area contributed by atoms with Crippen LogP contribution in [-0.4, -0.2) is 9.55 Å². The molecule has 3 aromatic rings. The average Bonchev–Trinajstić information content (AvgIpc) is 3.04. The van der Waals surface area contributed by atoms with Crippen LogP contribution in [0.2, 0.25) is 0 Å². The summed E-state index contributed by atoms with van der Waals surface area (Å²) in [5, 5.41) is -0.168. The zero-order valence-corrected chi connectivity index (χ0v) is 13.5. The number of benzene rings is 1. The zero-order chi connectivity index (χ0) is 14.3. The number of aromatic nitrogens is 2. The van der Waals surface area contributed by atoms with Crippen molar-refractivity contribution >= 4 is 38.6 Å². The molecule has 0 aliphatic carbocycles. The van der Waals surface area contributed by atoms with Gasteiger partial charge in [0.15, 0.2) is 0 Å². The normalized spacial score (nSPS) is 14.6. The molecule has 5 heteroatoms. The summed E-state index contributed by atoms with van der Waals surface area (Å²) >= 11 is 9.78. The van der Waals surface area contributed by atoms with Gasteiger partial charge in [0.1, 0.15) is 11.6 Å². The molecule has 1 aromatic carbocycles. The molecule has 3 nitrogen and oxygen atoms in total. The molecule has 0 amide bonds. The maximum absolute atomic E-state index is 6.30. The van der Waals surface area contributed by atoms with Crippen molar-refractivity contribution < 1.29 is 4.42 Å². The van der Waals surface area contributed by atoms with Crippen molar-refractivity contribution in [2.24, 2.45) is 0 Å². The van der Waals surface area contributed by atoms with Crippen molar-refractivity contribution in [1.82, 2.24) is 9.55 Å². The second-order valence-corrected chi connectivity index (χ2v) is 6.35. The minimum absolute atomic E-state index is 0.0485. The molecule has 3 rings (SSSR count). The minimum Gasteiger partial charge on any atom is -0.467 e. The Balaban J connectivity index is 2.24. The molecule has 0 bridgehead atoms. The Labute approximate surface area is 130 Å². The molecule has 2 aromatic heterocycles. The van der Waals surface area contributed by atoms with Crippen LogP contribution in [0.15, 0.2) is 45.5 Å². The number of nitrogens with zero attached hydrogens (tertiary/aromatic N) is 2. The maximum atomic E-state index is 6.30. The Bertz CT molecular complexity index is 734. The summed E-state index contributed by atoms with van der Waals surface area (Å²) in [5.74, 6) is 1.74. The third-order valence-electron chi connectivity index (χ3n) is 3.38. The lowest BCUT2D eigenvalue weighted by Gasteiger charge is -2.16. The van der Waals surface area contributed by atoms with E-state index in [1.807, 2.05) is 31.2 Å². The fourth-order valence-electron chi connectivity index (χ4n) is 2.43. The molecule has 0 aliphatic rings. The molecule has 2 atom stereocenters. The number of imidazole rings is 1. The first kappa shape index (κ1) is 13.7. The summed E-state index contributed by atoms with van der Waals surface area (Å²) < 4.78 is 8.67. The van der Waals surface area contributed by atoms with Crippen molar-refractivity contribution in [2.45, 2.75) is 25.3 Å². The topological polar surface area (TPSA) is 31.0 Å². The van der Waals surface area contributed by atoms with E-state index >= 15 is 0 Å². The van der Waals surface area contributed by atoms with Gasteiger partial charge in [0.25, 0.3) is 0 Å². The van der Waals surface area contributed by atoms with Crippen LogP contribution in [0, 0.1) is 0 Å². The number of hydrogen-bond acceptors (Lipinski definition) is 2. The SMILES string of the molecule is CC(Cl)c1nc2cc(Br)ccc2n1C(C)c1ccco1. The van der Waals surface area contributed by atoms with Crippen LogP contribution < -0.4 is 0 Å². The molecule has 0 fully saturated rings. The molecule has 0 N–H and O–H groups in total. The summed E-state index contributed by atoms with van der Waals surface area (Å²) in [6.45, 7) is 4.02. The van der Waals surface area contributed by atoms with Crippen molar-refractivity contribution in [1.29, 1.82) is 0 Å². The number of alkyl halides is 1. The first-order chi connectivity index (χ1) is 9.58. The van der Waals surface area contributed by atoms with Gasteiger partial charge in [-0.1, -0.05) is 15.9 Å². The van der Waals surface area contributed by atoms with E-state index in [1.165, 1.54) is 0 Å². The van der Waals surface area contributed by atoms with Crippen molar-refractivity contribution in [2.75, 3.05) is 0 Å². The van der Waals surface area contributed by atoms with Crippen LogP contribution in [0.3, 0.4) is 0 Å². The highest BCUT2D eigenvalue weighted by Gasteiger charge is 2.21. The van der Waals surface area contributed by atoms with Gasteiger partial charge in [0.2, 0.25) is 0 Å². The summed E-state index contributed by atoms with van der Waals surface area (Å²) in [5.41, 5.74) is 1.99. The van der Waals surface area contributed by atoms with E-state index in [0.717, 1.165) is 27.1 Å². The lowest BCUT2D eigenvalue weighted by Crippen LogP contribution is -2.10. The van der Waals surface area contributed by atoms with Gasteiger partial charge in [0.05, 0.1) is 28.7 Å². The lowest BCUT2D eigenvalue weighted by atomic mass is 10.2. The minimum atomic E-state index is -0.168. The molecule has 0 saturated carbocycles. The third kappa shape index (κ3) is 2.27. The fourth-order valence-corrected chi connectivity index (χ4v) is 2.94. The maximum Gasteiger partial charge on any atom is 0.128 e. The van der Waals surface area contributed by atoms with Gasteiger partial charge in [-0.15, -0.1) is 11.6 Å². The van der Waals surface area contributed by atoms with Gasteiger partial charge in [-0.25, -0.2) is 4.98 Å². The predicted octanol–water partition coefficient (Wildman–Crippen LogP) is 5.30. The summed E-state index contributed by atoms with van der Waals surface area (Å²) in [4.78, 5) is 4.66. The van der Waals surface area contributed by atoms with E-state index < -0.39 is 0 Å². The Hall–Kier alpha value is -1.26. The van der Waals surface area contributed by atoms with E-state index in [1.54, 1.807) is 6.26 Å². The quantitative estimate of drug-likeness (QED) is 0.598. The molecule has 0 radical (unpaired) electrons. The number of rotatable bonds is 3. The van der Waals surface area contributed by atoms with Crippen LogP contribution in [0.4, 0.5) is 0 Å². The van der Waals surface area contributed by atoms with E-state index in [0.29, 0.717) is 0 Å². The van der Waals surface area contributed by atoms with Crippen LogP contribution in [0.5, 0.6) is 0 Å². The molecule has 0 saturated heterocycles. The van der Waals surface area contributed by atoms with Gasteiger partial charge in [-0.05, 0) is 44.2 Å². The van der Waals surface area contributed by atoms with Crippen molar-refractivity contribution in [3.8, 4) is 0 Å². The number of halogens is 2. The summed E-state index contributed by atoms with van der Waals surface area (Å²) in [6.07, 6.45) is 1.69. The predicted molar refractivity (Wildman–Crippen MR) is 84.2 cm³/mol. The highest BCUT2D eigenvalue weighted by atomic mass is 79.9. The van der Waals surface area contributed by atoms with Crippen LogP contribution >= 0.6 is 27.5 Å². The van der Waals surface area contributed by atoms with Gasteiger partial charge in [-0.2, -0.15) is 0 Å². The largest absolute Gasteiger partial charge is 0.467 e. The van der Waals surface area contributed by atoms with Crippen molar-refractivity contribution in [3.63, 3.8) is 0 Å². The van der Waals surface area contributed by atoms with Crippen molar-refractivity contribution in [3.05, 3.63) is 52.7 Å². The first-order valence-electron chi connectivity index (χ1n) is 6.43. The Morgan fingerprint density at radius 3 is 2.75 bits per heavy atom. The molecule has 0 aliphatic heterocycles. The van der Waals surface area contributed by atoms with E-state index in [2.05, 4.69) is 38.5 Å². The highest BCUT2D eigenvalue weighted by Crippen LogP contribution is 2.32. The molecule has 2 heterocycles. The van der Waals surface area contributed by atoms with E-state index in [4.69, 9.17) is 16.0 Å². The molecule has 20 heavy (non-hydrogen) atoms. The number of fused-ring (bicyclic) bond motifs is 1. The monoisotopic (exact) mass is 352 g/mol. The lowest BCUT2D eigenvalue weighted by molar-refractivity contribution is 0.444. The van der Waals surface area contributed by atoms with Gasteiger partial charge in [-0.3, -0.25) is 0 Å².